The molecule has 0 bridgehead atoms. The van der Waals surface area contributed by atoms with Crippen molar-refractivity contribution in [3.63, 3.8) is 0 Å². The Morgan fingerprint density at radius 1 is 1.32 bits per heavy atom. The number of nitrogens with one attached hydrogen (secondary N) is 1. The molecule has 19 heavy (non-hydrogen) atoms. The van der Waals surface area contributed by atoms with Crippen LogP contribution in [0.2, 0.25) is 0 Å². The predicted octanol–water partition coefficient (Wildman–Crippen LogP) is 3.39. The molecule has 1 fully saturated rings. The third kappa shape index (κ3) is 3.13. The number of rotatable bonds is 5. The normalized spacial score (nSPS) is 17.6. The van der Waals surface area contributed by atoms with Crippen LogP contribution in [0.4, 0.5) is 4.39 Å². The van der Waals surface area contributed by atoms with Crippen LogP contribution in [0.1, 0.15) is 38.7 Å². The molecular weight excluding hydrogens is 239 g/mol. The maximum absolute atomic E-state index is 12.9. The number of benzene rings is 1. The standard InChI is InChI=1S/C16H21FN2/c1-15(2,13-4-6-14(17)7-5-13)11-19-12-16(10-18)8-3-9-16/h4-7,19H,3,8-9,11-12H2,1-2H3. The van der Waals surface area contributed by atoms with Gasteiger partial charge >= 0.3 is 0 Å². The first kappa shape index (κ1) is 14.0. The first-order valence-electron chi connectivity index (χ1n) is 6.86. The molecule has 1 aliphatic carbocycles. The van der Waals surface area contributed by atoms with Gasteiger partial charge in [0.15, 0.2) is 0 Å². The maximum atomic E-state index is 12.9. The summed E-state index contributed by atoms with van der Waals surface area (Å²) in [6.45, 7) is 5.82. The van der Waals surface area contributed by atoms with Gasteiger partial charge in [0.05, 0.1) is 11.5 Å². The maximum Gasteiger partial charge on any atom is 0.123 e. The molecule has 0 radical (unpaired) electrons. The van der Waals surface area contributed by atoms with E-state index in [0.29, 0.717) is 0 Å². The second kappa shape index (κ2) is 5.30. The van der Waals surface area contributed by atoms with E-state index in [1.165, 1.54) is 12.1 Å². The Bertz CT molecular complexity index is 467. The van der Waals surface area contributed by atoms with Gasteiger partial charge in [-0.25, -0.2) is 4.39 Å². The largest absolute Gasteiger partial charge is 0.314 e. The quantitative estimate of drug-likeness (QED) is 0.881. The fraction of sp³-hybridized carbons (Fsp3) is 0.562. The Kier molecular flexibility index (Phi) is 3.91. The lowest BCUT2D eigenvalue weighted by atomic mass is 9.70. The first-order chi connectivity index (χ1) is 8.97. The number of nitriles is 1. The molecule has 102 valence electrons. The van der Waals surface area contributed by atoms with Gasteiger partial charge in [0.1, 0.15) is 5.82 Å². The van der Waals surface area contributed by atoms with Crippen molar-refractivity contribution in [2.75, 3.05) is 13.1 Å². The first-order valence-corrected chi connectivity index (χ1v) is 6.86. The molecule has 0 aromatic heterocycles. The molecule has 0 atom stereocenters. The van der Waals surface area contributed by atoms with Crippen molar-refractivity contribution in [1.82, 2.24) is 5.32 Å². The van der Waals surface area contributed by atoms with Gasteiger partial charge in [-0.15, -0.1) is 0 Å². The van der Waals surface area contributed by atoms with Gasteiger partial charge in [-0.3, -0.25) is 0 Å². The van der Waals surface area contributed by atoms with Crippen molar-refractivity contribution >= 4 is 0 Å². The third-order valence-electron chi connectivity index (χ3n) is 4.20. The molecule has 1 aromatic rings. The molecule has 0 spiro atoms. The summed E-state index contributed by atoms with van der Waals surface area (Å²) in [5.74, 6) is -0.203. The van der Waals surface area contributed by atoms with Crippen LogP contribution < -0.4 is 5.32 Å². The summed E-state index contributed by atoms with van der Waals surface area (Å²) in [4.78, 5) is 0. The second-order valence-corrected chi connectivity index (χ2v) is 6.24. The van der Waals surface area contributed by atoms with E-state index in [4.69, 9.17) is 0 Å². The van der Waals surface area contributed by atoms with Gasteiger partial charge in [-0.1, -0.05) is 32.4 Å². The summed E-state index contributed by atoms with van der Waals surface area (Å²) >= 11 is 0. The molecule has 1 aromatic carbocycles. The summed E-state index contributed by atoms with van der Waals surface area (Å²) < 4.78 is 12.9. The molecule has 0 saturated heterocycles. The Morgan fingerprint density at radius 2 is 1.95 bits per heavy atom. The highest BCUT2D eigenvalue weighted by Gasteiger charge is 2.37. The Balaban J connectivity index is 1.91. The van der Waals surface area contributed by atoms with Crippen LogP contribution in [0.5, 0.6) is 0 Å². The van der Waals surface area contributed by atoms with Crippen molar-refractivity contribution in [2.45, 2.75) is 38.5 Å². The van der Waals surface area contributed by atoms with Crippen LogP contribution in [-0.4, -0.2) is 13.1 Å². The molecule has 0 heterocycles. The fourth-order valence-corrected chi connectivity index (χ4v) is 2.55. The van der Waals surface area contributed by atoms with E-state index in [1.54, 1.807) is 0 Å². The van der Waals surface area contributed by atoms with E-state index in [0.717, 1.165) is 37.9 Å². The van der Waals surface area contributed by atoms with Gasteiger partial charge in [-0.05, 0) is 30.5 Å². The lowest BCUT2D eigenvalue weighted by Gasteiger charge is -2.36. The van der Waals surface area contributed by atoms with Crippen molar-refractivity contribution in [1.29, 1.82) is 5.26 Å². The highest BCUT2D eigenvalue weighted by atomic mass is 19.1. The summed E-state index contributed by atoms with van der Waals surface area (Å²) in [7, 11) is 0. The molecule has 1 N–H and O–H groups in total. The zero-order valence-electron chi connectivity index (χ0n) is 11.7. The number of nitrogens with zero attached hydrogens (tertiary/aromatic N) is 1. The van der Waals surface area contributed by atoms with Crippen LogP contribution in [0.3, 0.4) is 0 Å². The van der Waals surface area contributed by atoms with Crippen molar-refractivity contribution < 1.29 is 4.39 Å². The van der Waals surface area contributed by atoms with Gasteiger partial charge in [-0.2, -0.15) is 5.26 Å². The number of halogens is 1. The zero-order valence-corrected chi connectivity index (χ0v) is 11.7. The van der Waals surface area contributed by atoms with E-state index in [-0.39, 0.29) is 16.6 Å². The van der Waals surface area contributed by atoms with Gasteiger partial charge in [0.25, 0.3) is 0 Å². The van der Waals surface area contributed by atoms with Crippen LogP contribution in [0.25, 0.3) is 0 Å². The lowest BCUT2D eigenvalue weighted by molar-refractivity contribution is 0.203. The van der Waals surface area contributed by atoms with Gasteiger partial charge < -0.3 is 5.32 Å². The van der Waals surface area contributed by atoms with Gasteiger partial charge in [0.2, 0.25) is 0 Å². The lowest BCUT2D eigenvalue weighted by Crippen LogP contribution is -2.43. The van der Waals surface area contributed by atoms with E-state index < -0.39 is 0 Å². The van der Waals surface area contributed by atoms with E-state index in [9.17, 15) is 9.65 Å². The minimum absolute atomic E-state index is 0.0614. The summed E-state index contributed by atoms with van der Waals surface area (Å²) in [5, 5.41) is 12.6. The summed E-state index contributed by atoms with van der Waals surface area (Å²) in [5.41, 5.74) is 0.911. The Morgan fingerprint density at radius 3 is 2.42 bits per heavy atom. The Hall–Kier alpha value is -1.40. The number of hydrogen-bond acceptors (Lipinski definition) is 2. The molecule has 2 nitrogen and oxygen atoms in total. The topological polar surface area (TPSA) is 35.8 Å². The average molecular weight is 260 g/mol. The van der Waals surface area contributed by atoms with Crippen LogP contribution in [-0.2, 0) is 5.41 Å². The van der Waals surface area contributed by atoms with E-state index in [1.807, 2.05) is 12.1 Å². The summed E-state index contributed by atoms with van der Waals surface area (Å²) in [6, 6.07) is 9.10. The monoisotopic (exact) mass is 260 g/mol. The minimum atomic E-state index is -0.203. The van der Waals surface area contributed by atoms with Crippen LogP contribution in [0.15, 0.2) is 24.3 Å². The highest BCUT2D eigenvalue weighted by Crippen LogP contribution is 2.39. The third-order valence-corrected chi connectivity index (χ3v) is 4.20. The molecular formula is C16H21FN2. The second-order valence-electron chi connectivity index (χ2n) is 6.24. The molecule has 0 unspecified atom stereocenters. The molecule has 1 aliphatic rings. The van der Waals surface area contributed by atoms with E-state index >= 15 is 0 Å². The number of hydrogen-bond donors (Lipinski definition) is 1. The minimum Gasteiger partial charge on any atom is -0.314 e. The smallest absolute Gasteiger partial charge is 0.123 e. The molecule has 3 heteroatoms. The van der Waals surface area contributed by atoms with Crippen LogP contribution in [0, 0.1) is 22.6 Å². The summed E-state index contributed by atoms with van der Waals surface area (Å²) in [6.07, 6.45) is 3.18. The molecule has 0 amide bonds. The van der Waals surface area contributed by atoms with E-state index in [2.05, 4.69) is 25.2 Å². The van der Waals surface area contributed by atoms with Crippen molar-refractivity contribution in [3.8, 4) is 6.07 Å². The van der Waals surface area contributed by atoms with Crippen molar-refractivity contribution in [2.24, 2.45) is 5.41 Å². The molecule has 1 saturated carbocycles. The van der Waals surface area contributed by atoms with Gasteiger partial charge in [0, 0.05) is 18.5 Å². The Labute approximate surface area is 114 Å². The zero-order chi connectivity index (χ0) is 13.9. The molecule has 0 aliphatic heterocycles. The van der Waals surface area contributed by atoms with Crippen LogP contribution >= 0.6 is 0 Å². The average Bonchev–Trinajstić information content (AvgIpc) is 2.33. The van der Waals surface area contributed by atoms with Crippen molar-refractivity contribution in [3.05, 3.63) is 35.6 Å². The highest BCUT2D eigenvalue weighted by molar-refractivity contribution is 5.24. The fourth-order valence-electron chi connectivity index (χ4n) is 2.55. The predicted molar refractivity (Wildman–Crippen MR) is 74.2 cm³/mol. The molecule has 2 rings (SSSR count). The SMILES string of the molecule is CC(C)(CNCC1(C#N)CCC1)c1ccc(F)cc1.